The Balaban J connectivity index is 2.53. The number of hydrogen-bond acceptors (Lipinski definition) is 3. The average Bonchev–Trinajstić information content (AvgIpc) is 2.43. The number of para-hydroxylation sites is 1. The monoisotopic (exact) mass is 307 g/mol. The lowest BCUT2D eigenvalue weighted by Crippen LogP contribution is -2.11. The van der Waals surface area contributed by atoms with E-state index in [9.17, 15) is 4.79 Å². The predicted octanol–water partition coefficient (Wildman–Crippen LogP) is 4.08. The lowest BCUT2D eigenvalue weighted by molar-refractivity contribution is 0.553. The Kier molecular flexibility index (Phi) is 3.40. The first-order valence-corrected chi connectivity index (χ1v) is 7.11. The van der Waals surface area contributed by atoms with E-state index >= 15 is 0 Å². The van der Waals surface area contributed by atoms with Crippen LogP contribution < -0.4 is 5.63 Å². The van der Waals surface area contributed by atoms with E-state index in [1.807, 2.05) is 31.2 Å². The van der Waals surface area contributed by atoms with Crippen LogP contribution in [0, 0.1) is 6.92 Å². The van der Waals surface area contributed by atoms with Gasteiger partial charge in [-0.15, -0.1) is 11.6 Å². The molecule has 0 aliphatic carbocycles. The second kappa shape index (κ2) is 5.08. The fraction of sp³-hybridized carbons (Fsp3) is 0.200. The molecule has 102 valence electrons. The average molecular weight is 308 g/mol. The third-order valence-electron chi connectivity index (χ3n) is 3.41. The maximum absolute atomic E-state index is 12.1. The van der Waals surface area contributed by atoms with Gasteiger partial charge in [0.1, 0.15) is 5.15 Å². The van der Waals surface area contributed by atoms with E-state index < -0.39 is 0 Å². The molecule has 0 amide bonds. The molecule has 5 heteroatoms. The van der Waals surface area contributed by atoms with Crippen molar-refractivity contribution in [3.63, 3.8) is 0 Å². The zero-order chi connectivity index (χ0) is 14.3. The summed E-state index contributed by atoms with van der Waals surface area (Å²) < 4.78 is 5.48. The third-order valence-corrected chi connectivity index (χ3v) is 3.88. The van der Waals surface area contributed by atoms with Crippen molar-refractivity contribution in [2.24, 2.45) is 0 Å². The number of rotatable bonds is 2. The van der Waals surface area contributed by atoms with Crippen LogP contribution in [0.5, 0.6) is 0 Å². The van der Waals surface area contributed by atoms with E-state index in [2.05, 4.69) is 4.98 Å². The lowest BCUT2D eigenvalue weighted by Gasteiger charge is -2.09. The van der Waals surface area contributed by atoms with Gasteiger partial charge in [-0.2, -0.15) is 0 Å². The van der Waals surface area contributed by atoms with E-state index in [1.54, 1.807) is 0 Å². The maximum atomic E-state index is 12.1. The van der Waals surface area contributed by atoms with Gasteiger partial charge in [-0.05, 0) is 31.0 Å². The van der Waals surface area contributed by atoms with Gasteiger partial charge in [-0.25, -0.2) is 9.78 Å². The first kappa shape index (κ1) is 13.4. The van der Waals surface area contributed by atoms with Gasteiger partial charge in [-0.3, -0.25) is 0 Å². The van der Waals surface area contributed by atoms with Gasteiger partial charge in [0.25, 0.3) is 0 Å². The number of halogens is 2. The lowest BCUT2D eigenvalue weighted by atomic mass is 10.0. The number of alkyl halides is 1. The Bertz CT molecular complexity index is 871. The molecule has 0 atom stereocenters. The molecule has 0 spiro atoms. The number of fused-ring (bicyclic) bond motifs is 3. The molecule has 0 radical (unpaired) electrons. The van der Waals surface area contributed by atoms with Crippen LogP contribution >= 0.6 is 23.2 Å². The summed E-state index contributed by atoms with van der Waals surface area (Å²) in [4.78, 5) is 16.5. The summed E-state index contributed by atoms with van der Waals surface area (Å²) in [6.45, 7) is 1.85. The summed E-state index contributed by atoms with van der Waals surface area (Å²) in [5, 5.41) is 1.81. The molecule has 0 unspecified atom stereocenters. The minimum absolute atomic E-state index is 0.343. The van der Waals surface area contributed by atoms with Crippen molar-refractivity contribution in [1.29, 1.82) is 0 Å². The molecule has 20 heavy (non-hydrogen) atoms. The van der Waals surface area contributed by atoms with Crippen LogP contribution in [-0.2, 0) is 6.42 Å². The Morgan fingerprint density at radius 1 is 1.30 bits per heavy atom. The van der Waals surface area contributed by atoms with E-state index in [1.165, 1.54) is 0 Å². The molecule has 3 aromatic rings. The van der Waals surface area contributed by atoms with Crippen LogP contribution in [0.1, 0.15) is 11.1 Å². The fourth-order valence-corrected chi connectivity index (χ4v) is 2.93. The minimum atomic E-state index is -0.358. The molecule has 3 rings (SSSR count). The van der Waals surface area contributed by atoms with Gasteiger partial charge in [0.05, 0.1) is 10.9 Å². The SMILES string of the molecule is Cc1c(CCCl)c(=O)oc2c1c(Cl)nc1ccccc12. The van der Waals surface area contributed by atoms with E-state index in [0.717, 1.165) is 10.9 Å². The first-order valence-electron chi connectivity index (χ1n) is 6.20. The molecule has 0 saturated carbocycles. The largest absolute Gasteiger partial charge is 0.422 e. The number of nitrogens with zero attached hydrogens (tertiary/aromatic N) is 1. The molecular weight excluding hydrogens is 297 g/mol. The second-order valence-corrected chi connectivity index (χ2v) is 5.29. The quantitative estimate of drug-likeness (QED) is 0.407. The highest BCUT2D eigenvalue weighted by Gasteiger charge is 2.16. The number of aryl methyl sites for hydroxylation is 1. The molecular formula is C15H11Cl2NO2. The highest BCUT2D eigenvalue weighted by Crippen LogP contribution is 2.31. The molecule has 2 aromatic heterocycles. The van der Waals surface area contributed by atoms with Crippen LogP contribution in [0.4, 0.5) is 0 Å². The van der Waals surface area contributed by atoms with Gasteiger partial charge in [0, 0.05) is 16.8 Å². The highest BCUT2D eigenvalue weighted by atomic mass is 35.5. The van der Waals surface area contributed by atoms with Crippen molar-refractivity contribution in [3.8, 4) is 0 Å². The molecule has 0 fully saturated rings. The number of pyridine rings is 1. The van der Waals surface area contributed by atoms with Gasteiger partial charge in [-0.1, -0.05) is 23.7 Å². The van der Waals surface area contributed by atoms with Crippen LogP contribution in [-0.4, -0.2) is 10.9 Å². The minimum Gasteiger partial charge on any atom is -0.422 e. The fourth-order valence-electron chi connectivity index (χ4n) is 2.43. The first-order chi connectivity index (χ1) is 9.63. The maximum Gasteiger partial charge on any atom is 0.339 e. The van der Waals surface area contributed by atoms with Crippen LogP contribution in [0.3, 0.4) is 0 Å². The molecule has 0 aliphatic heterocycles. The van der Waals surface area contributed by atoms with Gasteiger partial charge in [0.2, 0.25) is 0 Å². The predicted molar refractivity (Wildman–Crippen MR) is 82.0 cm³/mol. The summed E-state index contributed by atoms with van der Waals surface area (Å²) in [6, 6.07) is 7.44. The molecule has 0 bridgehead atoms. The van der Waals surface area contributed by atoms with Crippen LogP contribution in [0.15, 0.2) is 33.5 Å². The topological polar surface area (TPSA) is 43.1 Å². The Morgan fingerprint density at radius 2 is 2.05 bits per heavy atom. The van der Waals surface area contributed by atoms with Crippen molar-refractivity contribution in [2.75, 3.05) is 5.88 Å². The highest BCUT2D eigenvalue weighted by molar-refractivity contribution is 6.35. The summed E-state index contributed by atoms with van der Waals surface area (Å²) in [6.07, 6.45) is 0.453. The molecule has 0 aliphatic rings. The van der Waals surface area contributed by atoms with Gasteiger partial charge < -0.3 is 4.42 Å². The van der Waals surface area contributed by atoms with Crippen LogP contribution in [0.2, 0.25) is 5.15 Å². The van der Waals surface area contributed by atoms with Crippen LogP contribution in [0.25, 0.3) is 21.9 Å². The van der Waals surface area contributed by atoms with Gasteiger partial charge in [0.15, 0.2) is 5.58 Å². The Hall–Kier alpha value is -1.58. The smallest absolute Gasteiger partial charge is 0.339 e. The summed E-state index contributed by atoms with van der Waals surface area (Å²) in [7, 11) is 0. The second-order valence-electron chi connectivity index (χ2n) is 4.56. The van der Waals surface area contributed by atoms with Gasteiger partial charge >= 0.3 is 5.63 Å². The van der Waals surface area contributed by atoms with Crippen molar-refractivity contribution in [2.45, 2.75) is 13.3 Å². The van der Waals surface area contributed by atoms with Crippen molar-refractivity contribution in [1.82, 2.24) is 4.98 Å². The number of hydrogen-bond donors (Lipinski definition) is 0. The normalized spacial score (nSPS) is 11.3. The van der Waals surface area contributed by atoms with E-state index in [0.29, 0.717) is 39.5 Å². The molecule has 0 saturated heterocycles. The summed E-state index contributed by atoms with van der Waals surface area (Å²) >= 11 is 12.0. The molecule has 3 nitrogen and oxygen atoms in total. The van der Waals surface area contributed by atoms with Crippen molar-refractivity contribution >= 4 is 45.1 Å². The van der Waals surface area contributed by atoms with Crippen molar-refractivity contribution < 1.29 is 4.42 Å². The Labute approximate surface area is 125 Å². The zero-order valence-corrected chi connectivity index (χ0v) is 12.3. The standard InChI is InChI=1S/C15H11Cl2NO2/c1-8-9(6-7-16)15(19)20-13-10-4-2-3-5-11(10)18-14(17)12(8)13/h2-5H,6-7H2,1H3. The summed E-state index contributed by atoms with van der Waals surface area (Å²) in [5.74, 6) is 0.357. The third kappa shape index (κ3) is 1.98. The number of benzene rings is 1. The molecule has 1 aromatic carbocycles. The number of aromatic nitrogens is 1. The van der Waals surface area contributed by atoms with Crippen molar-refractivity contribution in [3.05, 3.63) is 51.0 Å². The Morgan fingerprint density at radius 3 is 2.80 bits per heavy atom. The van der Waals surface area contributed by atoms with E-state index in [4.69, 9.17) is 27.6 Å². The zero-order valence-electron chi connectivity index (χ0n) is 10.7. The van der Waals surface area contributed by atoms with E-state index in [-0.39, 0.29) is 5.63 Å². The molecule has 0 N–H and O–H groups in total. The summed E-state index contributed by atoms with van der Waals surface area (Å²) in [5.41, 5.74) is 2.19. The molecule has 2 heterocycles.